The molecule has 0 unspecified atom stereocenters. The van der Waals surface area contributed by atoms with Crippen molar-refractivity contribution in [1.29, 1.82) is 0 Å². The predicted molar refractivity (Wildman–Crippen MR) is 112 cm³/mol. The van der Waals surface area contributed by atoms with Crippen LogP contribution in [0.15, 0.2) is 29.3 Å². The van der Waals surface area contributed by atoms with Crippen LogP contribution in [0.3, 0.4) is 0 Å². The molecule has 1 amide bonds. The maximum atomic E-state index is 12.7. The summed E-state index contributed by atoms with van der Waals surface area (Å²) < 4.78 is 24.4. The van der Waals surface area contributed by atoms with Crippen LogP contribution >= 0.6 is 23.4 Å². The number of nitrogens with zero attached hydrogens (tertiary/aromatic N) is 2. The van der Waals surface area contributed by atoms with Crippen molar-refractivity contribution in [2.24, 2.45) is 16.8 Å². The summed E-state index contributed by atoms with van der Waals surface area (Å²) in [7, 11) is -3.01. The van der Waals surface area contributed by atoms with Gasteiger partial charge in [0.1, 0.15) is 0 Å². The number of hydrogen-bond donors (Lipinski definition) is 0. The lowest BCUT2D eigenvalue weighted by molar-refractivity contribution is -0.117. The molecule has 2 bridgehead atoms. The van der Waals surface area contributed by atoms with Gasteiger partial charge in [-0.3, -0.25) is 4.79 Å². The number of hydrogen-bond acceptors (Lipinski definition) is 4. The van der Waals surface area contributed by atoms with Crippen LogP contribution in [0.25, 0.3) is 0 Å². The number of fused-ring (bicyclic) bond motifs is 3. The van der Waals surface area contributed by atoms with Gasteiger partial charge in [-0.05, 0) is 42.7 Å². The van der Waals surface area contributed by atoms with Gasteiger partial charge in [-0.1, -0.05) is 48.0 Å². The van der Waals surface area contributed by atoms with Gasteiger partial charge in [-0.25, -0.2) is 8.42 Å². The molecule has 1 aromatic carbocycles. The van der Waals surface area contributed by atoms with Gasteiger partial charge in [0, 0.05) is 16.3 Å². The summed E-state index contributed by atoms with van der Waals surface area (Å²) >= 11 is 7.68. The van der Waals surface area contributed by atoms with Crippen LogP contribution in [0.5, 0.6) is 0 Å². The summed E-state index contributed by atoms with van der Waals surface area (Å²) in [5.74, 6) is 1.52. The van der Waals surface area contributed by atoms with E-state index in [9.17, 15) is 13.2 Å². The molecule has 2 aliphatic carbocycles. The van der Waals surface area contributed by atoms with Crippen LogP contribution in [0.2, 0.25) is 5.02 Å². The van der Waals surface area contributed by atoms with Crippen molar-refractivity contribution in [3.8, 4) is 0 Å². The third-order valence-electron chi connectivity index (χ3n) is 6.68. The number of thioether (sulfide) groups is 1. The molecular weight excluding hydrogens is 416 g/mol. The average molecular weight is 439 g/mol. The van der Waals surface area contributed by atoms with E-state index in [1.165, 1.54) is 31.0 Å². The molecule has 0 N–H and O–H groups in total. The van der Waals surface area contributed by atoms with E-state index in [1.807, 2.05) is 18.2 Å². The number of benzene rings is 1. The molecule has 4 aliphatic rings. The molecule has 2 saturated carbocycles. The molecule has 1 aromatic rings. The molecule has 4 fully saturated rings. The van der Waals surface area contributed by atoms with Crippen molar-refractivity contribution in [3.05, 3.63) is 34.9 Å². The second-order valence-corrected chi connectivity index (χ2v) is 12.3. The highest BCUT2D eigenvalue weighted by Crippen LogP contribution is 2.51. The molecule has 0 aromatic heterocycles. The minimum absolute atomic E-state index is 0.00371. The first-order valence-corrected chi connectivity index (χ1v) is 13.0. The highest BCUT2D eigenvalue weighted by molar-refractivity contribution is 8.15. The first-order chi connectivity index (χ1) is 13.4. The Morgan fingerprint density at radius 2 is 2.00 bits per heavy atom. The van der Waals surface area contributed by atoms with E-state index in [4.69, 9.17) is 11.6 Å². The monoisotopic (exact) mass is 438 g/mol. The number of amidine groups is 1. The number of halogens is 1. The highest BCUT2D eigenvalue weighted by atomic mass is 35.5. The average Bonchev–Trinajstić information content (AvgIpc) is 3.36. The number of sulfone groups is 1. The van der Waals surface area contributed by atoms with Gasteiger partial charge in [0.15, 0.2) is 15.0 Å². The highest BCUT2D eigenvalue weighted by Gasteiger charge is 2.54. The van der Waals surface area contributed by atoms with E-state index in [-0.39, 0.29) is 35.1 Å². The van der Waals surface area contributed by atoms with Crippen molar-refractivity contribution in [2.45, 2.75) is 49.4 Å². The zero-order valence-electron chi connectivity index (χ0n) is 15.5. The smallest absolute Gasteiger partial charge is 0.252 e. The standard InChI is InChI=1S/C20H23ClN2O3S2/c21-15-4-2-1-3-13(15)9-19(24)22-20-23(16-8-12-5-6-14(16)7-12)17-10-28(25,26)11-18(17)27-20/h1-4,12,14,16-18H,5-11H2/t12-,14-,16-,17-,18-/m1/s1. The molecule has 5 nitrogen and oxygen atoms in total. The van der Waals surface area contributed by atoms with E-state index in [1.54, 1.807) is 6.07 Å². The Balaban J connectivity index is 1.42. The van der Waals surface area contributed by atoms with Crippen LogP contribution < -0.4 is 0 Å². The van der Waals surface area contributed by atoms with Crippen molar-refractivity contribution in [2.75, 3.05) is 11.5 Å². The minimum atomic E-state index is -3.01. The molecule has 150 valence electrons. The summed E-state index contributed by atoms with van der Waals surface area (Å²) in [6.07, 6.45) is 5.00. The van der Waals surface area contributed by atoms with E-state index in [0.717, 1.165) is 23.1 Å². The minimum Gasteiger partial charge on any atom is -0.343 e. The fourth-order valence-corrected chi connectivity index (χ4v) is 9.67. The number of rotatable bonds is 3. The summed E-state index contributed by atoms with van der Waals surface area (Å²) in [5.41, 5.74) is 0.774. The van der Waals surface area contributed by atoms with Crippen LogP contribution in [-0.4, -0.2) is 53.2 Å². The van der Waals surface area contributed by atoms with Crippen molar-refractivity contribution >= 4 is 44.3 Å². The molecular formula is C20H23ClN2O3S2. The molecule has 5 atom stereocenters. The molecule has 2 heterocycles. The fraction of sp³-hybridized carbons (Fsp3) is 0.600. The summed E-state index contributed by atoms with van der Waals surface area (Å²) in [5, 5.41) is 1.30. The molecule has 0 spiro atoms. The van der Waals surface area contributed by atoms with Crippen LogP contribution in [-0.2, 0) is 21.1 Å². The van der Waals surface area contributed by atoms with Crippen LogP contribution in [0, 0.1) is 11.8 Å². The maximum Gasteiger partial charge on any atom is 0.252 e. The van der Waals surface area contributed by atoms with Gasteiger partial charge in [-0.2, -0.15) is 4.99 Å². The SMILES string of the molecule is O=C(Cc1ccccc1Cl)N=C1S[C@@H]2CS(=O)(=O)C[C@H]2N1[C@@H]1C[C@@H]2CC[C@@H]1C2. The molecule has 8 heteroatoms. The predicted octanol–water partition coefficient (Wildman–Crippen LogP) is 3.17. The Hall–Kier alpha value is -1.05. The van der Waals surface area contributed by atoms with Crippen LogP contribution in [0.1, 0.15) is 31.2 Å². The molecule has 2 saturated heterocycles. The van der Waals surface area contributed by atoms with Gasteiger partial charge in [-0.15, -0.1) is 0 Å². The first-order valence-electron chi connectivity index (χ1n) is 9.90. The maximum absolute atomic E-state index is 12.7. The van der Waals surface area contributed by atoms with Crippen molar-refractivity contribution in [1.82, 2.24) is 4.90 Å². The number of aliphatic imine (C=N–C) groups is 1. The van der Waals surface area contributed by atoms with Gasteiger partial charge < -0.3 is 4.90 Å². The Bertz CT molecular complexity index is 949. The van der Waals surface area contributed by atoms with E-state index in [2.05, 4.69) is 9.89 Å². The summed E-state index contributed by atoms with van der Waals surface area (Å²) in [6.45, 7) is 0. The molecule has 2 aliphatic heterocycles. The van der Waals surface area contributed by atoms with Crippen LogP contribution in [0.4, 0.5) is 0 Å². The second-order valence-electron chi connectivity index (χ2n) is 8.51. The van der Waals surface area contributed by atoms with Gasteiger partial charge in [0.2, 0.25) is 0 Å². The topological polar surface area (TPSA) is 66.8 Å². The van der Waals surface area contributed by atoms with Crippen molar-refractivity contribution < 1.29 is 13.2 Å². The second kappa shape index (κ2) is 7.03. The molecule has 0 radical (unpaired) electrons. The lowest BCUT2D eigenvalue weighted by Crippen LogP contribution is -2.47. The van der Waals surface area contributed by atoms with E-state index < -0.39 is 9.84 Å². The molecule has 28 heavy (non-hydrogen) atoms. The Kier molecular flexibility index (Phi) is 4.75. The number of carbonyl (C=O) groups is 1. The normalized spacial score (nSPS) is 37.0. The van der Waals surface area contributed by atoms with Gasteiger partial charge in [0.25, 0.3) is 5.91 Å². The summed E-state index contributed by atoms with van der Waals surface area (Å²) in [4.78, 5) is 19.4. The lowest BCUT2D eigenvalue weighted by atomic mass is 9.93. The zero-order chi connectivity index (χ0) is 19.5. The third-order valence-corrected chi connectivity index (χ3v) is 10.3. The number of carbonyl (C=O) groups excluding carboxylic acids is 1. The Morgan fingerprint density at radius 3 is 2.71 bits per heavy atom. The summed E-state index contributed by atoms with van der Waals surface area (Å²) in [6, 6.07) is 7.62. The molecule has 5 rings (SSSR count). The zero-order valence-corrected chi connectivity index (χ0v) is 17.8. The Labute approximate surface area is 174 Å². The third kappa shape index (κ3) is 3.39. The van der Waals surface area contributed by atoms with E-state index in [0.29, 0.717) is 17.0 Å². The van der Waals surface area contributed by atoms with Crippen molar-refractivity contribution in [3.63, 3.8) is 0 Å². The first kappa shape index (κ1) is 18.9. The van der Waals surface area contributed by atoms with Gasteiger partial charge >= 0.3 is 0 Å². The lowest BCUT2D eigenvalue weighted by Gasteiger charge is -2.36. The largest absolute Gasteiger partial charge is 0.343 e. The van der Waals surface area contributed by atoms with E-state index >= 15 is 0 Å². The number of amides is 1. The fourth-order valence-electron chi connectivity index (χ4n) is 5.48. The van der Waals surface area contributed by atoms with Gasteiger partial charge in [0.05, 0.1) is 24.0 Å². The quantitative estimate of drug-likeness (QED) is 0.725. The Morgan fingerprint density at radius 1 is 1.18 bits per heavy atom.